The third-order valence-electron chi connectivity index (χ3n) is 4.33. The molecule has 0 saturated heterocycles. The van der Waals surface area contributed by atoms with E-state index in [1.165, 1.54) is 22.5 Å². The van der Waals surface area contributed by atoms with Crippen molar-refractivity contribution in [1.29, 1.82) is 0 Å². The molecule has 20 heavy (non-hydrogen) atoms. The summed E-state index contributed by atoms with van der Waals surface area (Å²) >= 11 is 0. The smallest absolute Gasteiger partial charge is 0.0949 e. The maximum Gasteiger partial charge on any atom is 0.0949 e. The molecule has 0 fully saturated rings. The van der Waals surface area contributed by atoms with Crippen LogP contribution in [0.1, 0.15) is 41.9 Å². The minimum atomic E-state index is 0.408. The Balaban J connectivity index is 1.66. The maximum absolute atomic E-state index is 4.58. The lowest BCUT2D eigenvalue weighted by Gasteiger charge is -2.23. The summed E-state index contributed by atoms with van der Waals surface area (Å²) in [4.78, 5) is 4.58. The minimum absolute atomic E-state index is 0.408. The Hall–Kier alpha value is -1.61. The molecule has 0 bridgehead atoms. The zero-order valence-electron chi connectivity index (χ0n) is 12.4. The van der Waals surface area contributed by atoms with E-state index in [4.69, 9.17) is 0 Å². The van der Waals surface area contributed by atoms with Crippen LogP contribution >= 0.6 is 0 Å². The van der Waals surface area contributed by atoms with Crippen LogP contribution in [-0.2, 0) is 26.3 Å². The highest BCUT2D eigenvalue weighted by Crippen LogP contribution is 2.25. The molecule has 1 aromatic carbocycles. The van der Waals surface area contributed by atoms with Crippen LogP contribution in [0.15, 0.2) is 30.6 Å². The fourth-order valence-corrected chi connectivity index (χ4v) is 3.02. The molecule has 0 spiro atoms. The summed E-state index contributed by atoms with van der Waals surface area (Å²) in [6.45, 7) is 3.26. The molecular weight excluding hydrogens is 246 g/mol. The Labute approximate surface area is 121 Å². The van der Waals surface area contributed by atoms with Gasteiger partial charge in [-0.05, 0) is 30.4 Å². The summed E-state index contributed by atoms with van der Waals surface area (Å²) in [6, 6.07) is 9.43. The molecule has 0 amide bonds. The number of benzene rings is 1. The van der Waals surface area contributed by atoms with Gasteiger partial charge in [-0.25, -0.2) is 4.98 Å². The summed E-state index contributed by atoms with van der Waals surface area (Å²) in [7, 11) is 2.09. The van der Waals surface area contributed by atoms with Crippen LogP contribution < -0.4 is 5.32 Å². The van der Waals surface area contributed by atoms with Crippen molar-refractivity contribution >= 4 is 0 Å². The molecule has 2 aromatic rings. The molecule has 0 radical (unpaired) electrons. The van der Waals surface area contributed by atoms with Gasteiger partial charge in [0.25, 0.3) is 0 Å². The quantitative estimate of drug-likeness (QED) is 0.925. The zero-order valence-corrected chi connectivity index (χ0v) is 12.4. The molecule has 1 aliphatic rings. The zero-order chi connectivity index (χ0) is 13.9. The molecule has 1 aliphatic heterocycles. The van der Waals surface area contributed by atoms with Gasteiger partial charge in [-0.2, -0.15) is 0 Å². The molecular formula is C17H23N3. The van der Waals surface area contributed by atoms with Gasteiger partial charge in [0.1, 0.15) is 0 Å². The van der Waals surface area contributed by atoms with Crippen molar-refractivity contribution in [2.45, 2.75) is 38.6 Å². The Morgan fingerprint density at radius 1 is 1.25 bits per heavy atom. The van der Waals surface area contributed by atoms with Crippen molar-refractivity contribution in [3.8, 4) is 0 Å². The summed E-state index contributed by atoms with van der Waals surface area (Å²) in [6.07, 6.45) is 6.38. The van der Waals surface area contributed by atoms with E-state index >= 15 is 0 Å². The molecule has 3 nitrogen and oxygen atoms in total. The SMILES string of the molecule is CCc1ccc(CCC2NCCc3c2ncn3C)cc1. The topological polar surface area (TPSA) is 29.9 Å². The van der Waals surface area contributed by atoms with E-state index in [2.05, 4.69) is 53.1 Å². The average molecular weight is 269 g/mol. The first-order valence-electron chi connectivity index (χ1n) is 7.59. The fourth-order valence-electron chi connectivity index (χ4n) is 3.02. The van der Waals surface area contributed by atoms with Gasteiger partial charge < -0.3 is 9.88 Å². The van der Waals surface area contributed by atoms with Gasteiger partial charge in [0.2, 0.25) is 0 Å². The molecule has 3 rings (SSSR count). The Morgan fingerprint density at radius 2 is 2.00 bits per heavy atom. The van der Waals surface area contributed by atoms with E-state index in [9.17, 15) is 0 Å². The predicted molar refractivity (Wildman–Crippen MR) is 81.8 cm³/mol. The number of hydrogen-bond donors (Lipinski definition) is 1. The van der Waals surface area contributed by atoms with E-state index in [1.54, 1.807) is 0 Å². The number of rotatable bonds is 4. The van der Waals surface area contributed by atoms with Crippen LogP contribution in [-0.4, -0.2) is 16.1 Å². The lowest BCUT2D eigenvalue weighted by molar-refractivity contribution is 0.460. The highest BCUT2D eigenvalue weighted by atomic mass is 15.1. The van der Waals surface area contributed by atoms with Gasteiger partial charge in [-0.1, -0.05) is 31.2 Å². The summed E-state index contributed by atoms with van der Waals surface area (Å²) < 4.78 is 2.17. The standard InChI is InChI=1S/C17H23N3/c1-3-13-4-6-14(7-5-13)8-9-15-17-16(10-11-18-15)20(2)12-19-17/h4-7,12,15,18H,3,8-11H2,1-2H3. The van der Waals surface area contributed by atoms with E-state index in [0.29, 0.717) is 6.04 Å². The van der Waals surface area contributed by atoms with E-state index in [1.807, 2.05) is 6.33 Å². The Bertz CT molecular complexity index is 568. The molecule has 1 aromatic heterocycles. The van der Waals surface area contributed by atoms with Gasteiger partial charge >= 0.3 is 0 Å². The van der Waals surface area contributed by atoms with Gasteiger partial charge in [0.15, 0.2) is 0 Å². The third kappa shape index (κ3) is 2.63. The average Bonchev–Trinajstić information content (AvgIpc) is 2.88. The van der Waals surface area contributed by atoms with E-state index in [-0.39, 0.29) is 0 Å². The number of imidazole rings is 1. The lowest BCUT2D eigenvalue weighted by Crippen LogP contribution is -2.31. The summed E-state index contributed by atoms with van der Waals surface area (Å²) in [5.41, 5.74) is 5.49. The van der Waals surface area contributed by atoms with Gasteiger partial charge in [0.05, 0.1) is 18.1 Å². The van der Waals surface area contributed by atoms with Crippen molar-refractivity contribution in [1.82, 2.24) is 14.9 Å². The third-order valence-corrected chi connectivity index (χ3v) is 4.33. The van der Waals surface area contributed by atoms with Crippen LogP contribution in [0.5, 0.6) is 0 Å². The molecule has 106 valence electrons. The van der Waals surface area contributed by atoms with Crippen molar-refractivity contribution in [2.24, 2.45) is 7.05 Å². The first-order valence-corrected chi connectivity index (χ1v) is 7.59. The second-order valence-electron chi connectivity index (χ2n) is 5.65. The highest BCUT2D eigenvalue weighted by Gasteiger charge is 2.23. The summed E-state index contributed by atoms with van der Waals surface area (Å²) in [5.74, 6) is 0. The van der Waals surface area contributed by atoms with E-state index < -0.39 is 0 Å². The monoisotopic (exact) mass is 269 g/mol. The van der Waals surface area contributed by atoms with Crippen molar-refractivity contribution < 1.29 is 0 Å². The van der Waals surface area contributed by atoms with Gasteiger partial charge in [-0.15, -0.1) is 0 Å². The van der Waals surface area contributed by atoms with Crippen LogP contribution in [0.2, 0.25) is 0 Å². The summed E-state index contributed by atoms with van der Waals surface area (Å²) in [5, 5.41) is 3.61. The van der Waals surface area contributed by atoms with Crippen molar-refractivity contribution in [3.63, 3.8) is 0 Å². The number of hydrogen-bond acceptors (Lipinski definition) is 2. The van der Waals surface area contributed by atoms with Gasteiger partial charge in [-0.3, -0.25) is 0 Å². The predicted octanol–water partition coefficient (Wildman–Crippen LogP) is 2.80. The fraction of sp³-hybridized carbons (Fsp3) is 0.471. The highest BCUT2D eigenvalue weighted by molar-refractivity contribution is 5.24. The number of fused-ring (bicyclic) bond motifs is 1. The van der Waals surface area contributed by atoms with Crippen LogP contribution in [0, 0.1) is 0 Å². The first-order chi connectivity index (χ1) is 9.78. The second-order valence-corrected chi connectivity index (χ2v) is 5.65. The molecule has 1 unspecified atom stereocenters. The maximum atomic E-state index is 4.58. The molecule has 1 atom stereocenters. The number of nitrogens with one attached hydrogen (secondary N) is 1. The van der Waals surface area contributed by atoms with Crippen LogP contribution in [0.4, 0.5) is 0 Å². The van der Waals surface area contributed by atoms with Gasteiger partial charge in [0, 0.05) is 25.7 Å². The largest absolute Gasteiger partial charge is 0.337 e. The second kappa shape index (κ2) is 5.80. The van der Waals surface area contributed by atoms with Crippen molar-refractivity contribution in [3.05, 3.63) is 53.1 Å². The molecule has 0 aliphatic carbocycles. The lowest BCUT2D eigenvalue weighted by atomic mass is 9.97. The molecule has 3 heteroatoms. The molecule has 2 heterocycles. The van der Waals surface area contributed by atoms with Crippen LogP contribution in [0.3, 0.4) is 0 Å². The van der Waals surface area contributed by atoms with E-state index in [0.717, 1.165) is 32.2 Å². The molecule has 1 N–H and O–H groups in total. The molecule has 0 saturated carbocycles. The number of nitrogens with zero attached hydrogens (tertiary/aromatic N) is 2. The van der Waals surface area contributed by atoms with Crippen LogP contribution in [0.25, 0.3) is 0 Å². The first kappa shape index (κ1) is 13.4. The Morgan fingerprint density at radius 3 is 2.75 bits per heavy atom. The number of aromatic nitrogens is 2. The van der Waals surface area contributed by atoms with Crippen molar-refractivity contribution in [2.75, 3.05) is 6.54 Å². The normalized spacial score (nSPS) is 18.0. The Kier molecular flexibility index (Phi) is 3.88. The minimum Gasteiger partial charge on any atom is -0.337 e. The number of aryl methyl sites for hydroxylation is 3.